The third-order valence-electron chi connectivity index (χ3n) is 3.50. The number of halogens is 2. The highest BCUT2D eigenvalue weighted by Gasteiger charge is 2.24. The van der Waals surface area contributed by atoms with Crippen LogP contribution in [0.25, 0.3) is 11.4 Å². The first-order valence-corrected chi connectivity index (χ1v) is 8.50. The highest BCUT2D eigenvalue weighted by atomic mass is 79.9. The lowest BCUT2D eigenvalue weighted by molar-refractivity contribution is 0.403. The van der Waals surface area contributed by atoms with Crippen LogP contribution in [0.2, 0.25) is 0 Å². The minimum atomic E-state index is 0.438. The monoisotopic (exact) mass is 413 g/mol. The number of rotatable bonds is 2. The molecule has 5 nitrogen and oxygen atoms in total. The minimum Gasteiger partial charge on any atom is -0.336 e. The van der Waals surface area contributed by atoms with E-state index in [4.69, 9.17) is 0 Å². The van der Waals surface area contributed by atoms with E-state index < -0.39 is 0 Å². The number of piperazine rings is 1. The van der Waals surface area contributed by atoms with Crippen LogP contribution in [0.5, 0.6) is 0 Å². The topological polar surface area (TPSA) is 56.8 Å². The van der Waals surface area contributed by atoms with Crippen LogP contribution in [0.4, 0.5) is 5.95 Å². The number of H-pyrrole nitrogens is 1. The molecule has 3 rings (SSSR count). The molecule has 0 radical (unpaired) electrons. The van der Waals surface area contributed by atoms with Gasteiger partial charge in [0.05, 0.1) is 0 Å². The van der Waals surface area contributed by atoms with Crippen molar-refractivity contribution in [3.63, 3.8) is 0 Å². The van der Waals surface area contributed by atoms with Crippen LogP contribution < -0.4 is 10.2 Å². The number of aromatic amines is 1. The zero-order chi connectivity index (χ0) is 15.0. The summed E-state index contributed by atoms with van der Waals surface area (Å²) in [5, 5.41) is 10.9. The Kier molecular flexibility index (Phi) is 4.33. The average Bonchev–Trinajstić information content (AvgIpc) is 2.90. The first-order chi connectivity index (χ1) is 10.0. The fourth-order valence-corrected chi connectivity index (χ4v) is 3.48. The maximum absolute atomic E-state index is 4.66. The number of aromatic nitrogens is 3. The maximum atomic E-state index is 4.66. The summed E-state index contributed by atoms with van der Waals surface area (Å²) in [4.78, 5) is 6.88. The summed E-state index contributed by atoms with van der Waals surface area (Å²) in [6, 6.07) is 6.89. The normalized spacial score (nSPS) is 22.6. The first kappa shape index (κ1) is 15.0. The molecular formula is C14H17Br2N5. The fourth-order valence-electron chi connectivity index (χ4n) is 2.68. The van der Waals surface area contributed by atoms with E-state index in [1.54, 1.807) is 0 Å². The van der Waals surface area contributed by atoms with Crippen molar-refractivity contribution < 1.29 is 0 Å². The molecule has 21 heavy (non-hydrogen) atoms. The zero-order valence-corrected chi connectivity index (χ0v) is 15.1. The van der Waals surface area contributed by atoms with Crippen LogP contribution in [0.3, 0.4) is 0 Å². The van der Waals surface area contributed by atoms with E-state index in [0.717, 1.165) is 39.4 Å². The second kappa shape index (κ2) is 6.06. The van der Waals surface area contributed by atoms with E-state index >= 15 is 0 Å². The standard InChI is InChI=1S/C14H17Br2N5/c1-8-6-21(7-9(2)17-8)14-18-13(19-20-14)11-5-10(15)3-4-12(11)16/h3-5,8-9,17H,6-7H2,1-2H3,(H,18,19,20). The molecule has 1 aliphatic heterocycles. The molecule has 0 bridgehead atoms. The molecule has 112 valence electrons. The third kappa shape index (κ3) is 3.30. The molecule has 2 aromatic rings. The van der Waals surface area contributed by atoms with Crippen molar-refractivity contribution in [1.82, 2.24) is 20.5 Å². The number of benzene rings is 1. The molecule has 1 saturated heterocycles. The summed E-state index contributed by atoms with van der Waals surface area (Å²) < 4.78 is 2.01. The molecule has 1 aromatic carbocycles. The van der Waals surface area contributed by atoms with Gasteiger partial charge < -0.3 is 10.2 Å². The van der Waals surface area contributed by atoms with E-state index in [9.17, 15) is 0 Å². The van der Waals surface area contributed by atoms with Gasteiger partial charge in [-0.25, -0.2) is 0 Å². The molecule has 0 amide bonds. The molecule has 2 heterocycles. The van der Waals surface area contributed by atoms with Gasteiger partial charge in [0.25, 0.3) is 0 Å². The Morgan fingerprint density at radius 1 is 1.19 bits per heavy atom. The second-order valence-electron chi connectivity index (χ2n) is 5.48. The predicted molar refractivity (Wildman–Crippen MR) is 91.5 cm³/mol. The summed E-state index contributed by atoms with van der Waals surface area (Å²) >= 11 is 7.05. The van der Waals surface area contributed by atoms with Gasteiger partial charge >= 0.3 is 0 Å². The van der Waals surface area contributed by atoms with Crippen LogP contribution in [0.1, 0.15) is 13.8 Å². The van der Waals surface area contributed by atoms with Gasteiger partial charge in [-0.15, -0.1) is 5.10 Å². The van der Waals surface area contributed by atoms with Crippen molar-refractivity contribution in [2.45, 2.75) is 25.9 Å². The second-order valence-corrected chi connectivity index (χ2v) is 7.25. The van der Waals surface area contributed by atoms with Crippen LogP contribution in [-0.4, -0.2) is 40.4 Å². The first-order valence-electron chi connectivity index (χ1n) is 6.92. The lowest BCUT2D eigenvalue weighted by Gasteiger charge is -2.35. The molecule has 1 aliphatic rings. The Balaban J connectivity index is 1.88. The number of nitrogens with one attached hydrogen (secondary N) is 2. The van der Waals surface area contributed by atoms with Gasteiger partial charge in [-0.2, -0.15) is 4.98 Å². The van der Waals surface area contributed by atoms with Crippen molar-refractivity contribution in [2.24, 2.45) is 0 Å². The highest BCUT2D eigenvalue weighted by Crippen LogP contribution is 2.29. The molecule has 0 saturated carbocycles. The van der Waals surface area contributed by atoms with Gasteiger partial charge in [0.15, 0.2) is 5.82 Å². The van der Waals surface area contributed by atoms with E-state index in [-0.39, 0.29) is 0 Å². The molecule has 0 spiro atoms. The van der Waals surface area contributed by atoms with Crippen molar-refractivity contribution in [3.05, 3.63) is 27.1 Å². The average molecular weight is 415 g/mol. The van der Waals surface area contributed by atoms with Crippen molar-refractivity contribution in [3.8, 4) is 11.4 Å². The van der Waals surface area contributed by atoms with Crippen LogP contribution in [0.15, 0.2) is 27.1 Å². The summed E-state index contributed by atoms with van der Waals surface area (Å²) in [5.74, 6) is 1.54. The minimum absolute atomic E-state index is 0.438. The number of hydrogen-bond donors (Lipinski definition) is 2. The zero-order valence-electron chi connectivity index (χ0n) is 11.9. The molecule has 1 aromatic heterocycles. The lowest BCUT2D eigenvalue weighted by atomic mass is 10.1. The molecule has 2 unspecified atom stereocenters. The summed E-state index contributed by atoms with van der Waals surface area (Å²) in [6.45, 7) is 6.20. The van der Waals surface area contributed by atoms with Crippen LogP contribution in [0, 0.1) is 0 Å². The number of hydrogen-bond acceptors (Lipinski definition) is 4. The summed E-state index contributed by atoms with van der Waals surface area (Å²) in [6.07, 6.45) is 0. The van der Waals surface area contributed by atoms with E-state index in [1.165, 1.54) is 0 Å². The Hall–Kier alpha value is -0.920. The SMILES string of the molecule is CC1CN(c2n[nH]c(-c3cc(Br)ccc3Br)n2)CC(C)N1. The van der Waals surface area contributed by atoms with E-state index in [1.807, 2.05) is 18.2 Å². The Morgan fingerprint density at radius 2 is 1.90 bits per heavy atom. The fraction of sp³-hybridized carbons (Fsp3) is 0.429. The Morgan fingerprint density at radius 3 is 2.62 bits per heavy atom. The summed E-state index contributed by atoms with van der Waals surface area (Å²) in [7, 11) is 0. The van der Waals surface area contributed by atoms with Crippen molar-refractivity contribution in [2.75, 3.05) is 18.0 Å². The van der Waals surface area contributed by atoms with Gasteiger partial charge in [-0.1, -0.05) is 31.9 Å². The van der Waals surface area contributed by atoms with Crippen LogP contribution >= 0.6 is 31.9 Å². The van der Waals surface area contributed by atoms with E-state index in [0.29, 0.717) is 12.1 Å². The molecule has 7 heteroatoms. The number of nitrogens with zero attached hydrogens (tertiary/aromatic N) is 3. The van der Waals surface area contributed by atoms with Gasteiger partial charge in [0, 0.05) is 39.7 Å². The van der Waals surface area contributed by atoms with Crippen LogP contribution in [-0.2, 0) is 0 Å². The molecular weight excluding hydrogens is 398 g/mol. The van der Waals surface area contributed by atoms with Crippen molar-refractivity contribution in [1.29, 1.82) is 0 Å². The lowest BCUT2D eigenvalue weighted by Crippen LogP contribution is -2.54. The summed E-state index contributed by atoms with van der Waals surface area (Å²) in [5.41, 5.74) is 0.999. The Labute approximate surface area is 140 Å². The quantitative estimate of drug-likeness (QED) is 0.792. The van der Waals surface area contributed by atoms with Gasteiger partial charge in [0.1, 0.15) is 0 Å². The highest BCUT2D eigenvalue weighted by molar-refractivity contribution is 9.11. The van der Waals surface area contributed by atoms with E-state index in [2.05, 4.69) is 71.1 Å². The molecule has 2 N–H and O–H groups in total. The molecule has 2 atom stereocenters. The predicted octanol–water partition coefficient (Wildman–Crippen LogP) is 3.18. The smallest absolute Gasteiger partial charge is 0.245 e. The maximum Gasteiger partial charge on any atom is 0.245 e. The van der Waals surface area contributed by atoms with Gasteiger partial charge in [-0.05, 0) is 32.0 Å². The largest absolute Gasteiger partial charge is 0.336 e. The molecule has 1 fully saturated rings. The van der Waals surface area contributed by atoms with Gasteiger partial charge in [0.2, 0.25) is 5.95 Å². The third-order valence-corrected chi connectivity index (χ3v) is 4.68. The van der Waals surface area contributed by atoms with Gasteiger partial charge in [-0.3, -0.25) is 5.10 Å². The number of anilines is 1. The Bertz CT molecular complexity index is 632. The van der Waals surface area contributed by atoms with Crippen molar-refractivity contribution >= 4 is 37.8 Å². The molecule has 0 aliphatic carbocycles.